The van der Waals surface area contributed by atoms with E-state index in [-0.39, 0.29) is 28.8 Å². The minimum absolute atomic E-state index is 0.259. The van der Waals surface area contributed by atoms with Crippen LogP contribution in [0.4, 0.5) is 15.8 Å². The predicted molar refractivity (Wildman–Crippen MR) is 124 cm³/mol. The first-order chi connectivity index (χ1) is 15.8. The molecular weight excluding hydrogens is 447 g/mol. The van der Waals surface area contributed by atoms with Crippen molar-refractivity contribution in [1.82, 2.24) is 0 Å². The average molecular weight is 469 g/mol. The van der Waals surface area contributed by atoms with E-state index in [1.807, 2.05) is 6.92 Å². The zero-order valence-electron chi connectivity index (χ0n) is 17.5. The minimum atomic E-state index is -1.30. The number of hydrogen-bond donors (Lipinski definition) is 4. The molecule has 0 aliphatic carbocycles. The molecule has 0 bridgehead atoms. The molecule has 3 rings (SSSR count). The lowest BCUT2D eigenvalue weighted by molar-refractivity contribution is -0.115. The van der Waals surface area contributed by atoms with Gasteiger partial charge in [-0.25, -0.2) is 9.18 Å². The highest BCUT2D eigenvalue weighted by atomic mass is 32.2. The van der Waals surface area contributed by atoms with Crippen LogP contribution in [0, 0.1) is 5.82 Å². The van der Waals surface area contributed by atoms with Crippen molar-refractivity contribution in [3.8, 4) is 5.75 Å². The summed E-state index contributed by atoms with van der Waals surface area (Å²) in [7, 11) is 0. The molecule has 1 unspecified atom stereocenters. The maximum absolute atomic E-state index is 13.1. The van der Waals surface area contributed by atoms with Crippen LogP contribution in [-0.4, -0.2) is 33.2 Å². The molecule has 3 aromatic rings. The van der Waals surface area contributed by atoms with Gasteiger partial charge in [-0.15, -0.1) is 11.8 Å². The lowest BCUT2D eigenvalue weighted by atomic mass is 10.1. The van der Waals surface area contributed by atoms with Crippen LogP contribution in [0.1, 0.15) is 34.1 Å². The second-order valence-electron chi connectivity index (χ2n) is 7.03. The summed E-state index contributed by atoms with van der Waals surface area (Å²) in [5, 5.41) is 23.7. The minimum Gasteiger partial charge on any atom is -0.507 e. The first kappa shape index (κ1) is 23.8. The molecule has 33 heavy (non-hydrogen) atoms. The number of amides is 2. The molecule has 0 aliphatic rings. The molecule has 2 amide bonds. The highest BCUT2D eigenvalue weighted by Gasteiger charge is 2.20. The van der Waals surface area contributed by atoms with Crippen molar-refractivity contribution in [1.29, 1.82) is 0 Å². The number of carboxylic acids is 1. The van der Waals surface area contributed by atoms with Crippen molar-refractivity contribution in [3.63, 3.8) is 0 Å². The van der Waals surface area contributed by atoms with Gasteiger partial charge in [-0.1, -0.05) is 13.0 Å². The van der Waals surface area contributed by atoms with Crippen LogP contribution in [0.3, 0.4) is 0 Å². The van der Waals surface area contributed by atoms with Crippen LogP contribution in [-0.2, 0) is 4.79 Å². The van der Waals surface area contributed by atoms with Gasteiger partial charge < -0.3 is 20.8 Å². The van der Waals surface area contributed by atoms with Gasteiger partial charge in [-0.05, 0) is 67.1 Å². The number of rotatable bonds is 8. The molecule has 1 atom stereocenters. The van der Waals surface area contributed by atoms with Crippen LogP contribution in [0.5, 0.6) is 5.75 Å². The third kappa shape index (κ3) is 6.33. The van der Waals surface area contributed by atoms with E-state index in [0.29, 0.717) is 17.7 Å². The van der Waals surface area contributed by atoms with Crippen LogP contribution >= 0.6 is 11.8 Å². The Morgan fingerprint density at radius 3 is 2.33 bits per heavy atom. The molecule has 0 heterocycles. The van der Waals surface area contributed by atoms with Crippen LogP contribution in [0.2, 0.25) is 0 Å². The Bertz CT molecular complexity index is 1180. The van der Waals surface area contributed by atoms with Crippen molar-refractivity contribution in [3.05, 3.63) is 83.7 Å². The molecule has 0 aromatic heterocycles. The molecule has 0 radical (unpaired) electrons. The maximum Gasteiger partial charge on any atom is 0.339 e. The summed E-state index contributed by atoms with van der Waals surface area (Å²) >= 11 is 1.29. The monoisotopic (exact) mass is 468 g/mol. The number of hydrogen-bond acceptors (Lipinski definition) is 5. The largest absolute Gasteiger partial charge is 0.507 e. The van der Waals surface area contributed by atoms with Crippen LogP contribution < -0.4 is 10.6 Å². The summed E-state index contributed by atoms with van der Waals surface area (Å²) in [5.74, 6) is -2.83. The summed E-state index contributed by atoms with van der Waals surface area (Å²) in [6.07, 6.45) is 0.493. The second kappa shape index (κ2) is 10.6. The van der Waals surface area contributed by atoms with E-state index in [1.54, 1.807) is 24.3 Å². The summed E-state index contributed by atoms with van der Waals surface area (Å²) in [4.78, 5) is 37.0. The number of nitrogens with one attached hydrogen (secondary N) is 2. The summed E-state index contributed by atoms with van der Waals surface area (Å²) in [6, 6.07) is 16.0. The summed E-state index contributed by atoms with van der Waals surface area (Å²) in [5.41, 5.74) is 0.789. The fourth-order valence-corrected chi connectivity index (χ4v) is 3.96. The molecule has 0 saturated carbocycles. The van der Waals surface area contributed by atoms with Gasteiger partial charge in [0.1, 0.15) is 17.1 Å². The zero-order chi connectivity index (χ0) is 24.0. The van der Waals surface area contributed by atoms with Gasteiger partial charge >= 0.3 is 5.97 Å². The van der Waals surface area contributed by atoms with Gasteiger partial charge in [0.25, 0.3) is 5.91 Å². The van der Waals surface area contributed by atoms with Gasteiger partial charge in [0.2, 0.25) is 5.91 Å². The molecule has 7 nitrogen and oxygen atoms in total. The molecular formula is C24H21FN2O5S. The SMILES string of the molecule is CCC(Sc1cccc(NC(=O)c2ccc(F)cc2)c1)C(=O)Nc1ccc(O)c(C(=O)O)c1. The zero-order valence-corrected chi connectivity index (χ0v) is 18.4. The van der Waals surface area contributed by atoms with E-state index in [4.69, 9.17) is 5.11 Å². The van der Waals surface area contributed by atoms with Crippen LogP contribution in [0.15, 0.2) is 71.6 Å². The highest BCUT2D eigenvalue weighted by Crippen LogP contribution is 2.29. The second-order valence-corrected chi connectivity index (χ2v) is 8.31. The van der Waals surface area contributed by atoms with Gasteiger partial charge in [0, 0.05) is 21.8 Å². The quantitative estimate of drug-likeness (QED) is 0.273. The molecule has 0 spiro atoms. The Hall–Kier alpha value is -3.85. The number of anilines is 2. The summed E-state index contributed by atoms with van der Waals surface area (Å²) < 4.78 is 13.1. The lowest BCUT2D eigenvalue weighted by Crippen LogP contribution is -2.24. The first-order valence-corrected chi connectivity index (χ1v) is 10.9. The Morgan fingerprint density at radius 2 is 1.67 bits per heavy atom. The molecule has 170 valence electrons. The smallest absolute Gasteiger partial charge is 0.339 e. The number of benzene rings is 3. The van der Waals surface area contributed by atoms with Crippen molar-refractivity contribution < 1.29 is 29.0 Å². The number of aromatic carboxylic acids is 1. The van der Waals surface area contributed by atoms with Crippen molar-refractivity contribution in [2.24, 2.45) is 0 Å². The Morgan fingerprint density at radius 1 is 0.970 bits per heavy atom. The van der Waals surface area contributed by atoms with E-state index in [1.165, 1.54) is 54.2 Å². The van der Waals surface area contributed by atoms with E-state index in [0.717, 1.165) is 4.90 Å². The van der Waals surface area contributed by atoms with Gasteiger partial charge in [0.15, 0.2) is 0 Å². The van der Waals surface area contributed by atoms with E-state index >= 15 is 0 Å². The Kier molecular flexibility index (Phi) is 7.68. The third-order valence-electron chi connectivity index (χ3n) is 4.63. The van der Waals surface area contributed by atoms with Crippen molar-refractivity contribution >= 4 is 40.9 Å². The molecule has 4 N–H and O–H groups in total. The number of thioether (sulfide) groups is 1. The fourth-order valence-electron chi connectivity index (χ4n) is 2.95. The third-order valence-corrected chi connectivity index (χ3v) is 5.99. The van der Waals surface area contributed by atoms with E-state index < -0.39 is 17.0 Å². The van der Waals surface area contributed by atoms with Gasteiger partial charge in [-0.2, -0.15) is 0 Å². The Balaban J connectivity index is 1.68. The van der Waals surface area contributed by atoms with Gasteiger partial charge in [0.05, 0.1) is 5.25 Å². The normalized spacial score (nSPS) is 11.5. The van der Waals surface area contributed by atoms with Gasteiger partial charge in [-0.3, -0.25) is 9.59 Å². The van der Waals surface area contributed by atoms with Crippen LogP contribution in [0.25, 0.3) is 0 Å². The van der Waals surface area contributed by atoms with E-state index in [9.17, 15) is 23.9 Å². The molecule has 9 heteroatoms. The molecule has 0 fully saturated rings. The summed E-state index contributed by atoms with van der Waals surface area (Å²) in [6.45, 7) is 1.84. The van der Waals surface area contributed by atoms with Crippen molar-refractivity contribution in [2.75, 3.05) is 10.6 Å². The standard InChI is InChI=1S/C24H21FN2O5S/c1-2-21(23(30)27-17-10-11-20(28)19(13-17)24(31)32)33-18-5-3-4-16(12-18)26-22(29)14-6-8-15(25)9-7-14/h3-13,21,28H,2H2,1H3,(H,26,29)(H,27,30)(H,31,32). The number of halogens is 1. The number of carboxylic acid groups (broad SMARTS) is 1. The fraction of sp³-hybridized carbons (Fsp3) is 0.125. The predicted octanol–water partition coefficient (Wildman–Crippen LogP) is 4.99. The highest BCUT2D eigenvalue weighted by molar-refractivity contribution is 8.00. The Labute approximate surface area is 193 Å². The number of phenols is 1. The molecule has 0 saturated heterocycles. The first-order valence-electron chi connectivity index (χ1n) is 9.97. The molecule has 0 aliphatic heterocycles. The topological polar surface area (TPSA) is 116 Å². The number of carbonyl (C=O) groups excluding carboxylic acids is 2. The maximum atomic E-state index is 13.1. The molecule has 3 aromatic carbocycles. The number of aromatic hydroxyl groups is 1. The average Bonchev–Trinajstić information content (AvgIpc) is 2.79. The lowest BCUT2D eigenvalue weighted by Gasteiger charge is -2.16. The van der Waals surface area contributed by atoms with Crippen molar-refractivity contribution in [2.45, 2.75) is 23.5 Å². The number of carbonyl (C=O) groups is 3. The van der Waals surface area contributed by atoms with E-state index in [2.05, 4.69) is 10.6 Å².